The Morgan fingerprint density at radius 3 is 2.36 bits per heavy atom. The predicted molar refractivity (Wildman–Crippen MR) is 46.1 cm³/mol. The molecule has 0 atom stereocenters. The molecular weight excluding hydrogens is 211 g/mol. The Bertz CT molecular complexity index is 286. The Hall–Kier alpha value is -0.570. The van der Waals surface area contributed by atoms with Crippen LogP contribution in [0.2, 0.25) is 0 Å². The van der Waals surface area contributed by atoms with Gasteiger partial charge >= 0.3 is 0 Å². The summed E-state index contributed by atoms with van der Waals surface area (Å²) in [5.41, 5.74) is 1.91. The van der Waals surface area contributed by atoms with Gasteiger partial charge in [0.05, 0.1) is 7.11 Å². The first kappa shape index (κ1) is 8.53. The zero-order chi connectivity index (χ0) is 7.14. The van der Waals surface area contributed by atoms with Crippen molar-refractivity contribution >= 4 is 17.0 Å². The number of ether oxygens (including phenoxy) is 1. The third kappa shape index (κ3) is 1.13. The fraction of sp³-hybridized carbons (Fsp3) is 0.250. The van der Waals surface area contributed by atoms with Crippen molar-refractivity contribution in [2.75, 3.05) is 7.11 Å². The van der Waals surface area contributed by atoms with Crippen LogP contribution in [0.25, 0.3) is 0 Å². The van der Waals surface area contributed by atoms with E-state index in [1.54, 1.807) is 7.11 Å². The van der Waals surface area contributed by atoms with E-state index in [0.717, 1.165) is 17.5 Å². The SMILES string of the molecule is Br.COc1cc(F)c2cc1C2. The van der Waals surface area contributed by atoms with Crippen molar-refractivity contribution in [1.29, 1.82) is 0 Å². The minimum Gasteiger partial charge on any atom is -0.496 e. The van der Waals surface area contributed by atoms with Gasteiger partial charge in [0.25, 0.3) is 0 Å². The van der Waals surface area contributed by atoms with Crippen LogP contribution in [0.1, 0.15) is 11.1 Å². The summed E-state index contributed by atoms with van der Waals surface area (Å²) in [6.45, 7) is 0. The Morgan fingerprint density at radius 1 is 1.36 bits per heavy atom. The van der Waals surface area contributed by atoms with Crippen LogP contribution in [-0.2, 0) is 6.42 Å². The van der Waals surface area contributed by atoms with Crippen molar-refractivity contribution in [2.24, 2.45) is 0 Å². The van der Waals surface area contributed by atoms with Crippen LogP contribution in [0.3, 0.4) is 0 Å². The van der Waals surface area contributed by atoms with Crippen molar-refractivity contribution in [3.63, 3.8) is 0 Å². The Balaban J connectivity index is 0.000000605. The van der Waals surface area contributed by atoms with Crippen LogP contribution in [0.4, 0.5) is 4.39 Å². The number of rotatable bonds is 1. The van der Waals surface area contributed by atoms with E-state index in [2.05, 4.69) is 0 Å². The van der Waals surface area contributed by atoms with Crippen LogP contribution in [0.5, 0.6) is 5.75 Å². The van der Waals surface area contributed by atoms with E-state index in [1.807, 2.05) is 6.07 Å². The van der Waals surface area contributed by atoms with E-state index >= 15 is 0 Å². The molecule has 3 heteroatoms. The summed E-state index contributed by atoms with van der Waals surface area (Å²) in [4.78, 5) is 0. The summed E-state index contributed by atoms with van der Waals surface area (Å²) in [6.07, 6.45) is 0.742. The minimum atomic E-state index is -0.146. The van der Waals surface area contributed by atoms with E-state index in [9.17, 15) is 4.39 Å². The molecule has 2 aliphatic rings. The van der Waals surface area contributed by atoms with Crippen LogP contribution in [0, 0.1) is 5.82 Å². The van der Waals surface area contributed by atoms with Gasteiger partial charge in [0.15, 0.2) is 0 Å². The maximum absolute atomic E-state index is 12.7. The van der Waals surface area contributed by atoms with Gasteiger partial charge in [-0.3, -0.25) is 0 Å². The number of benzene rings is 1. The Labute approximate surface area is 74.9 Å². The van der Waals surface area contributed by atoms with Gasteiger partial charge in [-0.25, -0.2) is 4.39 Å². The molecule has 0 spiro atoms. The van der Waals surface area contributed by atoms with Crippen LogP contribution >= 0.6 is 17.0 Å². The normalized spacial score (nSPS) is 11.5. The van der Waals surface area contributed by atoms with Crippen molar-refractivity contribution in [1.82, 2.24) is 0 Å². The predicted octanol–water partition coefficient (Wildman–Crippen LogP) is 2.32. The quantitative estimate of drug-likeness (QED) is 0.715. The molecule has 0 fully saturated rings. The van der Waals surface area contributed by atoms with Crippen molar-refractivity contribution < 1.29 is 9.13 Å². The molecule has 11 heavy (non-hydrogen) atoms. The summed E-state index contributed by atoms with van der Waals surface area (Å²) in [5, 5.41) is 0. The highest BCUT2D eigenvalue weighted by Crippen LogP contribution is 2.33. The molecule has 0 aliphatic heterocycles. The molecule has 0 N–H and O–H groups in total. The molecule has 0 saturated carbocycles. The van der Waals surface area contributed by atoms with Crippen molar-refractivity contribution in [3.8, 4) is 5.75 Å². The molecule has 0 amide bonds. The maximum atomic E-state index is 12.7. The first-order valence-electron chi connectivity index (χ1n) is 3.16. The van der Waals surface area contributed by atoms with Crippen LogP contribution in [0.15, 0.2) is 12.1 Å². The lowest BCUT2D eigenvalue weighted by Crippen LogP contribution is -2.07. The number of methoxy groups -OCH3 is 1. The summed E-state index contributed by atoms with van der Waals surface area (Å²) in [7, 11) is 1.56. The van der Waals surface area contributed by atoms with E-state index in [0.29, 0.717) is 5.75 Å². The summed E-state index contributed by atoms with van der Waals surface area (Å²) in [5.74, 6) is 0.527. The second-order valence-electron chi connectivity index (χ2n) is 2.43. The summed E-state index contributed by atoms with van der Waals surface area (Å²) in [6, 6.07) is 3.27. The molecule has 2 aliphatic carbocycles. The van der Waals surface area contributed by atoms with E-state index in [-0.39, 0.29) is 22.8 Å². The summed E-state index contributed by atoms with van der Waals surface area (Å²) >= 11 is 0. The third-order valence-electron chi connectivity index (χ3n) is 1.83. The highest BCUT2D eigenvalue weighted by molar-refractivity contribution is 8.93. The highest BCUT2D eigenvalue weighted by atomic mass is 79.9. The zero-order valence-electron chi connectivity index (χ0n) is 6.06. The fourth-order valence-corrected chi connectivity index (χ4v) is 1.19. The Kier molecular flexibility index (Phi) is 2.18. The van der Waals surface area contributed by atoms with Gasteiger partial charge in [-0.15, -0.1) is 17.0 Å². The van der Waals surface area contributed by atoms with Crippen molar-refractivity contribution in [3.05, 3.63) is 29.1 Å². The Morgan fingerprint density at radius 2 is 2.00 bits per heavy atom. The third-order valence-corrected chi connectivity index (χ3v) is 1.83. The van der Waals surface area contributed by atoms with Gasteiger partial charge in [-0.2, -0.15) is 0 Å². The highest BCUT2D eigenvalue weighted by Gasteiger charge is 2.19. The molecule has 0 unspecified atom stereocenters. The first-order chi connectivity index (χ1) is 4.81. The molecule has 0 saturated heterocycles. The second kappa shape index (κ2) is 2.81. The molecule has 0 heterocycles. The van der Waals surface area contributed by atoms with E-state index in [1.165, 1.54) is 6.07 Å². The van der Waals surface area contributed by atoms with Crippen LogP contribution in [-0.4, -0.2) is 7.11 Å². The van der Waals surface area contributed by atoms with Gasteiger partial charge in [0, 0.05) is 12.5 Å². The van der Waals surface area contributed by atoms with Gasteiger partial charge in [-0.1, -0.05) is 0 Å². The van der Waals surface area contributed by atoms with Gasteiger partial charge in [-0.05, 0) is 17.2 Å². The molecule has 0 radical (unpaired) electrons. The zero-order valence-corrected chi connectivity index (χ0v) is 7.77. The first-order valence-corrected chi connectivity index (χ1v) is 3.16. The summed E-state index contributed by atoms with van der Waals surface area (Å²) < 4.78 is 17.7. The lowest BCUT2D eigenvalue weighted by atomic mass is 9.92. The topological polar surface area (TPSA) is 9.23 Å². The van der Waals surface area contributed by atoms with E-state index < -0.39 is 0 Å². The molecule has 0 aromatic heterocycles. The lowest BCUT2D eigenvalue weighted by molar-refractivity contribution is 0.402. The second-order valence-corrected chi connectivity index (χ2v) is 2.43. The van der Waals surface area contributed by atoms with Crippen molar-refractivity contribution in [2.45, 2.75) is 6.42 Å². The number of halogens is 2. The largest absolute Gasteiger partial charge is 0.496 e. The standard InChI is InChI=1S/C8H7FO.BrH/c1-10-8-4-7(9)5-2-6(8)3-5;/h2,4H,3H2,1H3;1H. The molecule has 1 aromatic carbocycles. The van der Waals surface area contributed by atoms with Gasteiger partial charge in [0.2, 0.25) is 0 Å². The number of fused-ring (bicyclic) bond motifs is 2. The number of hydrogen-bond acceptors (Lipinski definition) is 1. The molecular formula is C8H8BrFO. The molecule has 2 bridgehead atoms. The minimum absolute atomic E-state index is 0. The molecule has 60 valence electrons. The van der Waals surface area contributed by atoms with E-state index in [4.69, 9.17) is 4.74 Å². The van der Waals surface area contributed by atoms with Gasteiger partial charge < -0.3 is 4.74 Å². The monoisotopic (exact) mass is 218 g/mol. The smallest absolute Gasteiger partial charge is 0.130 e. The molecule has 3 rings (SSSR count). The molecule has 1 nitrogen and oxygen atoms in total. The fourth-order valence-electron chi connectivity index (χ4n) is 1.19. The average molecular weight is 219 g/mol. The molecule has 1 aromatic rings. The van der Waals surface area contributed by atoms with Crippen LogP contribution < -0.4 is 4.74 Å². The lowest BCUT2D eigenvalue weighted by Gasteiger charge is -2.18. The maximum Gasteiger partial charge on any atom is 0.130 e. The van der Waals surface area contributed by atoms with Gasteiger partial charge in [0.1, 0.15) is 11.6 Å². The number of hydrogen-bond donors (Lipinski definition) is 0. The average Bonchev–Trinajstić information content (AvgIpc) is 1.84.